The van der Waals surface area contributed by atoms with Gasteiger partial charge in [0.05, 0.1) is 5.41 Å². The molecule has 2 aliphatic carbocycles. The van der Waals surface area contributed by atoms with Gasteiger partial charge in [0.1, 0.15) is 0 Å². The van der Waals surface area contributed by atoms with E-state index in [1.165, 1.54) is 0 Å². The van der Waals surface area contributed by atoms with Crippen LogP contribution in [0.3, 0.4) is 0 Å². The van der Waals surface area contributed by atoms with Crippen LogP contribution in [0.1, 0.15) is 67.7 Å². The van der Waals surface area contributed by atoms with E-state index >= 15 is 0 Å². The lowest BCUT2D eigenvalue weighted by atomic mass is 9.74. The summed E-state index contributed by atoms with van der Waals surface area (Å²) in [5.74, 6) is 0.737. The zero-order valence-corrected chi connectivity index (χ0v) is 21.6. The zero-order valence-electron chi connectivity index (χ0n) is 19.6. The molecule has 0 N–H and O–H groups in total. The molecule has 28 heavy (non-hydrogen) atoms. The number of carbonyl (C=O) groups excluding carboxylic acids is 1. The number of fused-ring (bicyclic) bond motifs is 2. The largest absolute Gasteiger partial charge is 0.518 e. The average molecular weight is 431 g/mol. The maximum Gasteiger partial charge on any atom is 0.503 e. The van der Waals surface area contributed by atoms with Crippen LogP contribution in [-0.2, 0) is 22.5 Å². The van der Waals surface area contributed by atoms with Crippen LogP contribution in [0.15, 0.2) is 0 Å². The minimum absolute atomic E-state index is 0.0127. The quantitative estimate of drug-likeness (QED) is 0.459. The van der Waals surface area contributed by atoms with Gasteiger partial charge in [0.25, 0.3) is 14.3 Å². The topological polar surface area (TPSA) is 54.0 Å². The average Bonchev–Trinajstić information content (AvgIpc) is 3.19. The maximum absolute atomic E-state index is 13.7. The third kappa shape index (κ3) is 3.55. The van der Waals surface area contributed by atoms with Gasteiger partial charge in [0, 0.05) is 26.9 Å². The monoisotopic (exact) mass is 430 g/mol. The highest BCUT2D eigenvalue weighted by Gasteiger charge is 2.66. The summed E-state index contributed by atoms with van der Waals surface area (Å²) >= 11 is 0. The van der Waals surface area contributed by atoms with E-state index in [1.54, 1.807) is 21.3 Å². The Morgan fingerprint density at radius 2 is 1.36 bits per heavy atom. The van der Waals surface area contributed by atoms with Crippen LogP contribution in [0.25, 0.3) is 0 Å². The number of hydrogen-bond acceptors (Lipinski definition) is 5. The molecular weight excluding hydrogens is 388 g/mol. The van der Waals surface area contributed by atoms with Crippen molar-refractivity contribution in [2.75, 3.05) is 21.3 Å². The first-order valence-corrected chi connectivity index (χ1v) is 14.8. The van der Waals surface area contributed by atoms with Crippen LogP contribution in [0, 0.1) is 17.3 Å². The molecular formula is C21H42O5Si2. The minimum Gasteiger partial charge on any atom is -0.518 e. The Bertz CT molecular complexity index is 531. The Morgan fingerprint density at radius 1 is 0.893 bits per heavy atom. The molecule has 0 heterocycles. The predicted octanol–water partition coefficient (Wildman–Crippen LogP) is 5.39. The van der Waals surface area contributed by atoms with Crippen molar-refractivity contribution in [1.29, 1.82) is 0 Å². The lowest BCUT2D eigenvalue weighted by molar-refractivity contribution is -0.150. The fourth-order valence-corrected chi connectivity index (χ4v) is 15.0. The van der Waals surface area contributed by atoms with Crippen molar-refractivity contribution in [2.45, 2.75) is 89.9 Å². The van der Waals surface area contributed by atoms with E-state index in [1.807, 2.05) is 0 Å². The van der Waals surface area contributed by atoms with Crippen molar-refractivity contribution in [3.63, 3.8) is 0 Å². The first-order chi connectivity index (χ1) is 12.9. The van der Waals surface area contributed by atoms with E-state index in [9.17, 15) is 4.79 Å². The van der Waals surface area contributed by atoms with Crippen molar-refractivity contribution >= 4 is 23.1 Å². The lowest BCUT2D eigenvalue weighted by Gasteiger charge is -2.46. The van der Waals surface area contributed by atoms with Gasteiger partial charge < -0.3 is 17.7 Å². The van der Waals surface area contributed by atoms with Gasteiger partial charge in [-0.25, -0.2) is 0 Å². The molecule has 0 aromatic rings. The molecule has 0 aromatic carbocycles. The Kier molecular flexibility index (Phi) is 7.30. The Morgan fingerprint density at radius 3 is 1.71 bits per heavy atom. The van der Waals surface area contributed by atoms with Gasteiger partial charge in [0.15, 0.2) is 0 Å². The Hall–Kier alpha value is -0.216. The van der Waals surface area contributed by atoms with E-state index in [4.69, 9.17) is 17.7 Å². The van der Waals surface area contributed by atoms with Gasteiger partial charge in [-0.15, -0.1) is 0 Å². The summed E-state index contributed by atoms with van der Waals surface area (Å²) in [6.07, 6.45) is 2.98. The van der Waals surface area contributed by atoms with Crippen LogP contribution < -0.4 is 0 Å². The number of carbonyl (C=O) groups is 1. The number of rotatable bonds is 9. The zero-order chi connectivity index (χ0) is 21.5. The normalized spacial score (nSPS) is 30.7. The first kappa shape index (κ1) is 24.1. The van der Waals surface area contributed by atoms with Crippen molar-refractivity contribution in [2.24, 2.45) is 17.3 Å². The molecule has 0 aliphatic heterocycles. The molecule has 0 amide bonds. The summed E-state index contributed by atoms with van der Waals surface area (Å²) in [6, 6.07) is 0. The molecule has 2 saturated carbocycles. The molecule has 4 atom stereocenters. The molecule has 2 fully saturated rings. The summed E-state index contributed by atoms with van der Waals surface area (Å²) < 4.78 is 24.1. The van der Waals surface area contributed by atoms with E-state index in [-0.39, 0.29) is 17.4 Å². The molecule has 5 nitrogen and oxygen atoms in total. The second-order valence-electron chi connectivity index (χ2n) is 10.1. The van der Waals surface area contributed by atoms with Crippen molar-refractivity contribution in [3.8, 4) is 0 Å². The first-order valence-electron chi connectivity index (χ1n) is 10.8. The van der Waals surface area contributed by atoms with E-state index < -0.39 is 22.5 Å². The van der Waals surface area contributed by atoms with E-state index in [2.05, 4.69) is 48.5 Å². The second kappa shape index (κ2) is 8.49. The molecule has 164 valence electrons. The third-order valence-corrected chi connectivity index (χ3v) is 17.1. The fraction of sp³-hybridized carbons (Fsp3) is 0.952. The van der Waals surface area contributed by atoms with Crippen LogP contribution in [0.5, 0.6) is 0 Å². The van der Waals surface area contributed by atoms with Gasteiger partial charge in [-0.3, -0.25) is 4.79 Å². The molecule has 0 spiro atoms. The molecule has 7 heteroatoms. The van der Waals surface area contributed by atoms with Crippen LogP contribution in [0.4, 0.5) is 0 Å². The van der Waals surface area contributed by atoms with Gasteiger partial charge in [-0.2, -0.15) is 0 Å². The fourth-order valence-electron chi connectivity index (χ4n) is 6.73. The molecule has 2 rings (SSSR count). The highest BCUT2D eigenvalue weighted by molar-refractivity contribution is 6.79. The SMILES string of the molecule is CO[Si](OC)(OC)C1CC2CC1C(C)(C(=O)O[Si](C(C)C)(C(C)C)C(C)C)C2. The summed E-state index contributed by atoms with van der Waals surface area (Å²) in [5, 5.41) is 0. The van der Waals surface area contributed by atoms with Gasteiger partial charge in [0.2, 0.25) is 0 Å². The highest BCUT2D eigenvalue weighted by atomic mass is 28.4. The number of hydrogen-bond donors (Lipinski definition) is 0. The summed E-state index contributed by atoms with van der Waals surface area (Å²) in [4.78, 5) is 13.7. The lowest BCUT2D eigenvalue weighted by Crippen LogP contribution is -2.56. The Labute approximate surface area is 174 Å². The molecule has 2 bridgehead atoms. The molecule has 0 radical (unpaired) electrons. The highest BCUT2D eigenvalue weighted by Crippen LogP contribution is 2.64. The van der Waals surface area contributed by atoms with E-state index in [0.717, 1.165) is 19.3 Å². The summed E-state index contributed by atoms with van der Waals surface area (Å²) in [5.41, 5.74) is 0.856. The van der Waals surface area contributed by atoms with Crippen molar-refractivity contribution in [3.05, 3.63) is 0 Å². The minimum atomic E-state index is -2.79. The van der Waals surface area contributed by atoms with Gasteiger partial charge >= 0.3 is 8.80 Å². The second-order valence-corrected chi connectivity index (χ2v) is 18.6. The van der Waals surface area contributed by atoms with Crippen LogP contribution in [-0.4, -0.2) is 44.4 Å². The van der Waals surface area contributed by atoms with Gasteiger partial charge in [-0.1, -0.05) is 41.5 Å². The van der Waals surface area contributed by atoms with Crippen LogP contribution >= 0.6 is 0 Å². The summed E-state index contributed by atoms with van der Waals surface area (Å²) in [7, 11) is -0.0236. The van der Waals surface area contributed by atoms with E-state index in [0.29, 0.717) is 22.5 Å². The smallest absolute Gasteiger partial charge is 0.503 e. The molecule has 4 unspecified atom stereocenters. The standard InChI is InChI=1S/C21H42O5Si2/c1-14(2)27(15(3)4,16(5)6)26-20(22)21(7)13-17-11-18(21)19(12-17)28(23-8,24-9)25-10/h14-19H,11-13H2,1-10H3. The van der Waals surface area contributed by atoms with Crippen molar-refractivity contribution in [1.82, 2.24) is 0 Å². The molecule has 0 aromatic heterocycles. The van der Waals surface area contributed by atoms with Gasteiger partial charge in [-0.05, 0) is 54.6 Å². The molecule has 0 saturated heterocycles. The predicted molar refractivity (Wildman–Crippen MR) is 117 cm³/mol. The Balaban J connectivity index is 2.35. The summed E-state index contributed by atoms with van der Waals surface area (Å²) in [6.45, 7) is 15.5. The third-order valence-electron chi connectivity index (χ3n) is 7.94. The maximum atomic E-state index is 13.7. The van der Waals surface area contributed by atoms with Crippen molar-refractivity contribution < 1.29 is 22.5 Å². The molecule has 2 aliphatic rings. The van der Waals surface area contributed by atoms with Crippen LogP contribution in [0.2, 0.25) is 22.2 Å².